The van der Waals surface area contributed by atoms with Crippen LogP contribution in [0.25, 0.3) is 0 Å². The average molecular weight is 287 g/mol. The Morgan fingerprint density at radius 1 is 1.05 bits per heavy atom. The Hall–Kier alpha value is -1.74. The maximum absolute atomic E-state index is 14.0. The van der Waals surface area contributed by atoms with Crippen LogP contribution in [0.2, 0.25) is 0 Å². The van der Waals surface area contributed by atoms with Gasteiger partial charge in [-0.05, 0) is 48.4 Å². The number of nitrogens with two attached hydrogens (primary N) is 1. The second kappa shape index (κ2) is 5.57. The zero-order valence-electron chi connectivity index (χ0n) is 11.9. The van der Waals surface area contributed by atoms with Crippen molar-refractivity contribution in [3.05, 3.63) is 70.8 Å². The summed E-state index contributed by atoms with van der Waals surface area (Å²) in [5.41, 5.74) is 8.91. The fourth-order valence-electron chi connectivity index (χ4n) is 3.30. The molecule has 110 valence electrons. The van der Waals surface area contributed by atoms with Gasteiger partial charge in [-0.2, -0.15) is 0 Å². The summed E-state index contributed by atoms with van der Waals surface area (Å²) in [7, 11) is 0. The normalized spacial score (nSPS) is 21.7. The van der Waals surface area contributed by atoms with Crippen LogP contribution in [0, 0.1) is 11.6 Å². The summed E-state index contributed by atoms with van der Waals surface area (Å²) in [6.07, 6.45) is 4.35. The summed E-state index contributed by atoms with van der Waals surface area (Å²) in [6.45, 7) is 0. The summed E-state index contributed by atoms with van der Waals surface area (Å²) in [5.74, 6) is -1.06. The van der Waals surface area contributed by atoms with E-state index in [0.29, 0.717) is 12.0 Å². The molecule has 0 radical (unpaired) electrons. The second-order valence-electron chi connectivity index (χ2n) is 5.93. The number of benzene rings is 2. The van der Waals surface area contributed by atoms with E-state index in [1.54, 1.807) is 0 Å². The zero-order valence-corrected chi connectivity index (χ0v) is 11.9. The minimum absolute atomic E-state index is 0.399. The molecule has 0 spiro atoms. The monoisotopic (exact) mass is 287 g/mol. The lowest BCUT2D eigenvalue weighted by Gasteiger charge is -2.31. The van der Waals surface area contributed by atoms with Gasteiger partial charge in [0.2, 0.25) is 0 Å². The van der Waals surface area contributed by atoms with E-state index in [1.807, 2.05) is 18.2 Å². The van der Waals surface area contributed by atoms with Gasteiger partial charge in [-0.15, -0.1) is 0 Å². The van der Waals surface area contributed by atoms with E-state index in [-0.39, 0.29) is 0 Å². The van der Waals surface area contributed by atoms with Gasteiger partial charge < -0.3 is 5.73 Å². The Bertz CT molecular complexity index is 653. The Morgan fingerprint density at radius 3 is 2.67 bits per heavy atom. The topological polar surface area (TPSA) is 26.0 Å². The molecule has 21 heavy (non-hydrogen) atoms. The fraction of sp³-hybridized carbons (Fsp3) is 0.333. The quantitative estimate of drug-likeness (QED) is 0.827. The zero-order chi connectivity index (χ0) is 14.9. The van der Waals surface area contributed by atoms with Crippen molar-refractivity contribution in [2.75, 3.05) is 0 Å². The Morgan fingerprint density at radius 2 is 1.86 bits per heavy atom. The molecule has 0 saturated heterocycles. The predicted octanol–water partition coefficient (Wildman–Crippen LogP) is 4.09. The van der Waals surface area contributed by atoms with Crippen LogP contribution in [-0.4, -0.2) is 0 Å². The van der Waals surface area contributed by atoms with Gasteiger partial charge in [0.15, 0.2) is 0 Å². The van der Waals surface area contributed by atoms with E-state index in [0.717, 1.165) is 37.3 Å². The molecule has 3 rings (SSSR count). The second-order valence-corrected chi connectivity index (χ2v) is 5.93. The van der Waals surface area contributed by atoms with Crippen LogP contribution >= 0.6 is 0 Å². The highest BCUT2D eigenvalue weighted by Crippen LogP contribution is 2.35. The first kappa shape index (κ1) is 14.2. The number of rotatable bonds is 2. The molecular weight excluding hydrogens is 268 g/mol. The molecule has 1 aliphatic carbocycles. The number of hydrogen-bond donors (Lipinski definition) is 1. The molecule has 2 N–H and O–H groups in total. The lowest BCUT2D eigenvalue weighted by atomic mass is 9.80. The van der Waals surface area contributed by atoms with E-state index in [4.69, 9.17) is 5.73 Å². The highest BCUT2D eigenvalue weighted by molar-refractivity contribution is 5.37. The molecule has 0 heterocycles. The Balaban J connectivity index is 2.00. The molecule has 3 heteroatoms. The fourth-order valence-corrected chi connectivity index (χ4v) is 3.30. The van der Waals surface area contributed by atoms with Crippen LogP contribution in [-0.2, 0) is 18.4 Å². The Labute approximate surface area is 123 Å². The number of aryl methyl sites for hydroxylation is 1. The minimum atomic E-state index is -0.578. The van der Waals surface area contributed by atoms with Gasteiger partial charge in [0.05, 0.1) is 0 Å². The van der Waals surface area contributed by atoms with Crippen molar-refractivity contribution < 1.29 is 8.78 Å². The molecule has 1 unspecified atom stereocenters. The molecule has 0 aromatic heterocycles. The smallest absolute Gasteiger partial charge is 0.129 e. The van der Waals surface area contributed by atoms with Crippen molar-refractivity contribution in [3.63, 3.8) is 0 Å². The molecule has 0 saturated carbocycles. The predicted molar refractivity (Wildman–Crippen MR) is 79.9 cm³/mol. The molecule has 2 aromatic carbocycles. The first-order valence-electron chi connectivity index (χ1n) is 7.40. The van der Waals surface area contributed by atoms with Crippen molar-refractivity contribution in [2.24, 2.45) is 5.73 Å². The highest BCUT2D eigenvalue weighted by atomic mass is 19.1. The van der Waals surface area contributed by atoms with E-state index in [2.05, 4.69) is 6.07 Å². The van der Waals surface area contributed by atoms with Gasteiger partial charge in [-0.1, -0.05) is 36.8 Å². The molecular formula is C18H19F2N. The van der Waals surface area contributed by atoms with Crippen LogP contribution in [0.4, 0.5) is 8.78 Å². The maximum atomic E-state index is 14.0. The molecule has 1 nitrogen and oxygen atoms in total. The van der Waals surface area contributed by atoms with Gasteiger partial charge in [-0.3, -0.25) is 0 Å². The molecule has 1 atom stereocenters. The third-order valence-corrected chi connectivity index (χ3v) is 4.39. The van der Waals surface area contributed by atoms with E-state index >= 15 is 0 Å². The van der Waals surface area contributed by atoms with Crippen molar-refractivity contribution in [2.45, 2.75) is 37.6 Å². The number of hydrogen-bond acceptors (Lipinski definition) is 1. The highest BCUT2D eigenvalue weighted by Gasteiger charge is 2.32. The van der Waals surface area contributed by atoms with E-state index in [1.165, 1.54) is 17.7 Å². The summed E-state index contributed by atoms with van der Waals surface area (Å²) < 4.78 is 27.0. The SMILES string of the molecule is NC1(Cc2ccc(F)cc2F)CCCCc2ccccc21. The summed E-state index contributed by atoms with van der Waals surface area (Å²) in [5, 5.41) is 0. The number of fused-ring (bicyclic) bond motifs is 1. The van der Waals surface area contributed by atoms with Gasteiger partial charge in [0.1, 0.15) is 11.6 Å². The number of halogens is 2. The van der Waals surface area contributed by atoms with Crippen LogP contribution in [0.15, 0.2) is 42.5 Å². The standard InChI is InChI=1S/C18H19F2N/c19-15-9-8-14(17(20)11-15)12-18(21)10-4-3-6-13-5-1-2-7-16(13)18/h1-2,5,7-9,11H,3-4,6,10,12,21H2. The van der Waals surface area contributed by atoms with Crippen LogP contribution in [0.1, 0.15) is 36.0 Å². The molecule has 1 aliphatic rings. The minimum Gasteiger partial charge on any atom is -0.321 e. The van der Waals surface area contributed by atoms with Crippen molar-refractivity contribution in [1.82, 2.24) is 0 Å². The molecule has 0 aliphatic heterocycles. The Kier molecular flexibility index (Phi) is 3.77. The van der Waals surface area contributed by atoms with Crippen LogP contribution in [0.5, 0.6) is 0 Å². The first-order chi connectivity index (χ1) is 10.1. The molecule has 0 amide bonds. The van der Waals surface area contributed by atoms with Crippen LogP contribution in [0.3, 0.4) is 0 Å². The lowest BCUT2D eigenvalue weighted by Crippen LogP contribution is -2.39. The summed E-state index contributed by atoms with van der Waals surface area (Å²) >= 11 is 0. The molecule has 2 aromatic rings. The molecule has 0 fully saturated rings. The van der Waals surface area contributed by atoms with E-state index < -0.39 is 17.2 Å². The van der Waals surface area contributed by atoms with Gasteiger partial charge in [0, 0.05) is 11.6 Å². The third kappa shape index (κ3) is 2.84. The van der Waals surface area contributed by atoms with Crippen molar-refractivity contribution in [3.8, 4) is 0 Å². The van der Waals surface area contributed by atoms with Crippen molar-refractivity contribution in [1.29, 1.82) is 0 Å². The summed E-state index contributed by atoms with van der Waals surface area (Å²) in [6, 6.07) is 11.9. The largest absolute Gasteiger partial charge is 0.321 e. The van der Waals surface area contributed by atoms with Gasteiger partial charge in [0.25, 0.3) is 0 Å². The lowest BCUT2D eigenvalue weighted by molar-refractivity contribution is 0.391. The first-order valence-corrected chi connectivity index (χ1v) is 7.40. The van der Waals surface area contributed by atoms with Crippen molar-refractivity contribution >= 4 is 0 Å². The van der Waals surface area contributed by atoms with Crippen LogP contribution < -0.4 is 5.73 Å². The average Bonchev–Trinajstić information content (AvgIpc) is 2.63. The van der Waals surface area contributed by atoms with E-state index in [9.17, 15) is 8.78 Å². The third-order valence-electron chi connectivity index (χ3n) is 4.39. The molecule has 0 bridgehead atoms. The van der Waals surface area contributed by atoms with Gasteiger partial charge in [-0.25, -0.2) is 8.78 Å². The van der Waals surface area contributed by atoms with Gasteiger partial charge >= 0.3 is 0 Å². The summed E-state index contributed by atoms with van der Waals surface area (Å²) in [4.78, 5) is 0. The maximum Gasteiger partial charge on any atom is 0.129 e.